The summed E-state index contributed by atoms with van der Waals surface area (Å²) in [6.45, 7) is 0. The first-order chi connectivity index (χ1) is 9.36. The van der Waals surface area contributed by atoms with Gasteiger partial charge in [0.1, 0.15) is 4.21 Å². The van der Waals surface area contributed by atoms with Crippen LogP contribution in [0.3, 0.4) is 0 Å². The molecule has 20 heavy (non-hydrogen) atoms. The fourth-order valence-electron chi connectivity index (χ4n) is 1.63. The van der Waals surface area contributed by atoms with Gasteiger partial charge in [0.05, 0.1) is 5.69 Å². The van der Waals surface area contributed by atoms with Gasteiger partial charge >= 0.3 is 6.29 Å². The fraction of sp³-hybridized carbons (Fsp3) is 0.0909. The summed E-state index contributed by atoms with van der Waals surface area (Å²) in [7, 11) is -3.73. The van der Waals surface area contributed by atoms with Gasteiger partial charge in [0.25, 0.3) is 10.0 Å². The summed E-state index contributed by atoms with van der Waals surface area (Å²) < 4.78 is 60.5. The number of fused-ring (bicyclic) bond motifs is 1. The van der Waals surface area contributed by atoms with Crippen molar-refractivity contribution in [1.82, 2.24) is 0 Å². The van der Waals surface area contributed by atoms with Crippen LogP contribution >= 0.6 is 11.3 Å². The lowest BCUT2D eigenvalue weighted by atomic mass is 10.3. The van der Waals surface area contributed by atoms with Crippen molar-refractivity contribution in [2.24, 2.45) is 0 Å². The first-order valence-corrected chi connectivity index (χ1v) is 7.68. The van der Waals surface area contributed by atoms with Crippen molar-refractivity contribution in [3.05, 3.63) is 35.7 Å². The average Bonchev–Trinajstić information content (AvgIpc) is 2.93. The molecule has 5 nitrogen and oxygen atoms in total. The molecule has 0 spiro atoms. The molecular weight excluding hydrogens is 312 g/mol. The first kappa shape index (κ1) is 13.1. The van der Waals surface area contributed by atoms with Crippen LogP contribution in [0.1, 0.15) is 0 Å². The number of rotatable bonds is 3. The third-order valence-electron chi connectivity index (χ3n) is 2.41. The standard InChI is InChI=1S/C11H7F2NO4S2/c12-11(13)17-8-4-3-7(6-9(8)18-11)14-20(15,16)10-2-1-5-19-10/h1-6,14H. The zero-order chi connectivity index (χ0) is 14.4. The van der Waals surface area contributed by atoms with Gasteiger partial charge in [-0.15, -0.1) is 20.1 Å². The van der Waals surface area contributed by atoms with Crippen molar-refractivity contribution in [3.63, 3.8) is 0 Å². The third kappa shape index (κ3) is 2.41. The first-order valence-electron chi connectivity index (χ1n) is 5.32. The van der Waals surface area contributed by atoms with Gasteiger partial charge in [0.15, 0.2) is 11.5 Å². The number of hydrogen-bond donors (Lipinski definition) is 1. The van der Waals surface area contributed by atoms with Crippen molar-refractivity contribution >= 4 is 27.0 Å². The largest absolute Gasteiger partial charge is 0.586 e. The van der Waals surface area contributed by atoms with Crippen LogP contribution in [0.5, 0.6) is 11.5 Å². The summed E-state index contributed by atoms with van der Waals surface area (Å²) in [5.74, 6) is -0.365. The van der Waals surface area contributed by atoms with E-state index in [4.69, 9.17) is 0 Å². The molecule has 0 radical (unpaired) electrons. The van der Waals surface area contributed by atoms with Crippen LogP contribution in [0, 0.1) is 0 Å². The molecule has 0 saturated carbocycles. The number of nitrogens with one attached hydrogen (secondary N) is 1. The minimum absolute atomic E-state index is 0.110. The monoisotopic (exact) mass is 319 g/mol. The Morgan fingerprint density at radius 1 is 1.15 bits per heavy atom. The van der Waals surface area contributed by atoms with E-state index in [1.807, 2.05) is 0 Å². The Kier molecular flexibility index (Phi) is 2.83. The third-order valence-corrected chi connectivity index (χ3v) is 5.19. The van der Waals surface area contributed by atoms with E-state index in [2.05, 4.69) is 14.2 Å². The summed E-state index contributed by atoms with van der Waals surface area (Å²) in [6.07, 6.45) is -3.73. The highest BCUT2D eigenvalue weighted by molar-refractivity contribution is 7.94. The highest BCUT2D eigenvalue weighted by Gasteiger charge is 2.43. The number of hydrogen-bond acceptors (Lipinski definition) is 5. The Hall–Kier alpha value is -1.87. The molecule has 0 aliphatic carbocycles. The number of ether oxygens (including phenoxy) is 2. The van der Waals surface area contributed by atoms with E-state index < -0.39 is 16.3 Å². The van der Waals surface area contributed by atoms with E-state index >= 15 is 0 Å². The lowest BCUT2D eigenvalue weighted by Gasteiger charge is -2.06. The molecule has 1 N–H and O–H groups in total. The van der Waals surface area contributed by atoms with Crippen molar-refractivity contribution in [1.29, 1.82) is 0 Å². The molecule has 9 heteroatoms. The molecule has 0 atom stereocenters. The van der Waals surface area contributed by atoms with Crippen LogP contribution in [0.25, 0.3) is 0 Å². The van der Waals surface area contributed by atoms with Crippen molar-refractivity contribution in [3.8, 4) is 11.5 Å². The second kappa shape index (κ2) is 4.32. The lowest BCUT2D eigenvalue weighted by Crippen LogP contribution is -2.25. The predicted octanol–water partition coefficient (Wildman–Crippen LogP) is 2.87. The molecule has 0 fully saturated rings. The summed E-state index contributed by atoms with van der Waals surface area (Å²) in [6, 6.07) is 6.70. The van der Waals surface area contributed by atoms with E-state index in [0.29, 0.717) is 0 Å². The van der Waals surface area contributed by atoms with Gasteiger partial charge in [-0.05, 0) is 23.6 Å². The van der Waals surface area contributed by atoms with E-state index in [9.17, 15) is 17.2 Å². The Balaban J connectivity index is 1.88. The van der Waals surface area contributed by atoms with Crippen molar-refractivity contribution in [2.75, 3.05) is 4.72 Å². The van der Waals surface area contributed by atoms with Crippen LogP contribution in [-0.2, 0) is 10.0 Å². The average molecular weight is 319 g/mol. The molecule has 1 aliphatic heterocycles. The van der Waals surface area contributed by atoms with E-state index in [-0.39, 0.29) is 21.4 Å². The topological polar surface area (TPSA) is 64.6 Å². The molecule has 1 aromatic carbocycles. The van der Waals surface area contributed by atoms with Crippen molar-refractivity contribution in [2.45, 2.75) is 10.5 Å². The molecule has 0 amide bonds. The highest BCUT2D eigenvalue weighted by Crippen LogP contribution is 2.42. The SMILES string of the molecule is O=S(=O)(Nc1ccc2c(c1)OC(F)(F)O2)c1cccs1. The number of halogens is 2. The van der Waals surface area contributed by atoms with Crippen LogP contribution in [0.2, 0.25) is 0 Å². The molecule has 2 heterocycles. The van der Waals surface area contributed by atoms with Gasteiger partial charge in [-0.2, -0.15) is 0 Å². The smallest absolute Gasteiger partial charge is 0.395 e. The minimum atomic E-state index is -3.73. The summed E-state index contributed by atoms with van der Waals surface area (Å²) in [5.41, 5.74) is 0.110. The molecule has 2 aromatic rings. The van der Waals surface area contributed by atoms with Crippen LogP contribution in [-0.4, -0.2) is 14.7 Å². The Bertz CT molecular complexity index is 744. The molecule has 106 valence electrons. The van der Waals surface area contributed by atoms with Gasteiger partial charge < -0.3 is 9.47 Å². The summed E-state index contributed by atoms with van der Waals surface area (Å²) >= 11 is 1.05. The maximum absolute atomic E-state index is 12.8. The lowest BCUT2D eigenvalue weighted by molar-refractivity contribution is -0.286. The van der Waals surface area contributed by atoms with E-state index in [1.54, 1.807) is 11.4 Å². The zero-order valence-electron chi connectivity index (χ0n) is 9.67. The predicted molar refractivity (Wildman–Crippen MR) is 67.8 cm³/mol. The Labute approximate surface area is 116 Å². The maximum atomic E-state index is 12.8. The number of thiophene rings is 1. The van der Waals surface area contributed by atoms with Gasteiger partial charge in [-0.1, -0.05) is 6.07 Å². The van der Waals surface area contributed by atoms with E-state index in [1.165, 1.54) is 18.2 Å². The molecule has 1 aliphatic rings. The normalized spacial score (nSPS) is 16.1. The Morgan fingerprint density at radius 2 is 1.90 bits per heavy atom. The number of sulfonamides is 1. The zero-order valence-corrected chi connectivity index (χ0v) is 11.3. The molecular formula is C11H7F2NO4S2. The fourth-order valence-corrected chi connectivity index (χ4v) is 3.68. The Morgan fingerprint density at radius 3 is 2.60 bits per heavy atom. The van der Waals surface area contributed by atoms with Crippen LogP contribution < -0.4 is 14.2 Å². The van der Waals surface area contributed by atoms with Gasteiger partial charge in [-0.25, -0.2) is 8.42 Å². The summed E-state index contributed by atoms with van der Waals surface area (Å²) in [5, 5.41) is 1.62. The molecule has 0 bridgehead atoms. The number of anilines is 1. The molecule has 0 unspecified atom stereocenters. The summed E-state index contributed by atoms with van der Waals surface area (Å²) in [4.78, 5) is 0. The van der Waals surface area contributed by atoms with Crippen molar-refractivity contribution < 1.29 is 26.7 Å². The van der Waals surface area contributed by atoms with Crippen LogP contribution in [0.4, 0.5) is 14.5 Å². The van der Waals surface area contributed by atoms with Crippen LogP contribution in [0.15, 0.2) is 39.9 Å². The minimum Gasteiger partial charge on any atom is -0.395 e. The molecule has 1 aromatic heterocycles. The van der Waals surface area contributed by atoms with Gasteiger partial charge in [-0.3, -0.25) is 4.72 Å². The maximum Gasteiger partial charge on any atom is 0.586 e. The van der Waals surface area contributed by atoms with E-state index in [0.717, 1.165) is 17.4 Å². The number of benzene rings is 1. The van der Waals surface area contributed by atoms with Gasteiger partial charge in [0.2, 0.25) is 0 Å². The van der Waals surface area contributed by atoms with Gasteiger partial charge in [0, 0.05) is 6.07 Å². The second-order valence-electron chi connectivity index (χ2n) is 3.87. The second-order valence-corrected chi connectivity index (χ2v) is 6.72. The quantitative estimate of drug-likeness (QED) is 0.945. The highest BCUT2D eigenvalue weighted by atomic mass is 32.2. The molecule has 3 rings (SSSR count). The number of alkyl halides is 2. The molecule has 0 saturated heterocycles.